The first-order chi connectivity index (χ1) is 14.5. The largest absolute Gasteiger partial charge is 0.411 e. The van der Waals surface area contributed by atoms with E-state index in [0.29, 0.717) is 22.4 Å². The fraction of sp³-hybridized carbons (Fsp3) is 0.273. The standard InChI is InChI=1S/C22H22N4O3S/c1-13-9-14(2)11-15(10-13)21-25-26-22(29-21)30-12-19(27)24-18-6-4-3-5-17(18)20(28)23-16-7-8-16/h3-6,9-11,16H,7-8,12H2,1-2H3,(H,23,28)(H,24,27). The lowest BCUT2D eigenvalue weighted by Crippen LogP contribution is -2.27. The van der Waals surface area contributed by atoms with E-state index >= 15 is 0 Å². The average Bonchev–Trinajstić information content (AvgIpc) is 3.39. The first kappa shape index (κ1) is 20.2. The molecule has 2 amide bonds. The van der Waals surface area contributed by atoms with Crippen molar-refractivity contribution in [3.05, 3.63) is 59.2 Å². The van der Waals surface area contributed by atoms with Crippen LogP contribution in [0.4, 0.5) is 5.69 Å². The number of amides is 2. The molecule has 1 aliphatic carbocycles. The van der Waals surface area contributed by atoms with Crippen LogP contribution in [0.3, 0.4) is 0 Å². The number of carbonyl (C=O) groups is 2. The number of anilines is 1. The van der Waals surface area contributed by atoms with E-state index in [1.807, 2.05) is 26.0 Å². The van der Waals surface area contributed by atoms with Gasteiger partial charge < -0.3 is 15.1 Å². The molecule has 0 bridgehead atoms. The highest BCUT2D eigenvalue weighted by Gasteiger charge is 2.25. The van der Waals surface area contributed by atoms with Crippen molar-refractivity contribution >= 4 is 29.3 Å². The molecular formula is C22H22N4O3S. The zero-order chi connectivity index (χ0) is 21.1. The lowest BCUT2D eigenvalue weighted by Gasteiger charge is -2.10. The number of para-hydroxylation sites is 1. The normalized spacial score (nSPS) is 13.1. The van der Waals surface area contributed by atoms with Gasteiger partial charge in [-0.05, 0) is 51.0 Å². The molecule has 30 heavy (non-hydrogen) atoms. The van der Waals surface area contributed by atoms with Crippen molar-refractivity contribution in [3.63, 3.8) is 0 Å². The molecule has 4 rings (SSSR count). The second-order valence-electron chi connectivity index (χ2n) is 7.38. The Kier molecular flexibility index (Phi) is 5.85. The summed E-state index contributed by atoms with van der Waals surface area (Å²) in [6.07, 6.45) is 2.01. The summed E-state index contributed by atoms with van der Waals surface area (Å²) in [5, 5.41) is 14.2. The molecule has 1 saturated carbocycles. The SMILES string of the molecule is Cc1cc(C)cc(-c2nnc(SCC(=O)Nc3ccccc3C(=O)NC3CC3)o2)c1. The van der Waals surface area contributed by atoms with Gasteiger partial charge in [-0.2, -0.15) is 0 Å². The number of hydrogen-bond donors (Lipinski definition) is 2. The minimum absolute atomic E-state index is 0.0903. The van der Waals surface area contributed by atoms with Crippen molar-refractivity contribution in [3.8, 4) is 11.5 Å². The minimum atomic E-state index is -0.252. The third-order valence-corrected chi connectivity index (χ3v) is 5.38. The van der Waals surface area contributed by atoms with Gasteiger partial charge in [-0.15, -0.1) is 10.2 Å². The number of nitrogens with one attached hydrogen (secondary N) is 2. The van der Waals surface area contributed by atoms with Crippen LogP contribution < -0.4 is 10.6 Å². The molecule has 0 atom stereocenters. The maximum Gasteiger partial charge on any atom is 0.277 e. The van der Waals surface area contributed by atoms with Gasteiger partial charge in [0.25, 0.3) is 11.1 Å². The molecule has 1 heterocycles. The maximum atomic E-state index is 12.4. The van der Waals surface area contributed by atoms with Crippen LogP contribution in [0.25, 0.3) is 11.5 Å². The third-order valence-electron chi connectivity index (χ3n) is 4.56. The first-order valence-electron chi connectivity index (χ1n) is 9.72. The molecule has 1 aromatic heterocycles. The van der Waals surface area contributed by atoms with E-state index < -0.39 is 0 Å². The third kappa shape index (κ3) is 5.07. The summed E-state index contributed by atoms with van der Waals surface area (Å²) < 4.78 is 5.69. The quantitative estimate of drug-likeness (QED) is 0.559. The molecule has 8 heteroatoms. The van der Waals surface area contributed by atoms with Crippen molar-refractivity contribution in [2.24, 2.45) is 0 Å². The molecule has 0 unspecified atom stereocenters. The van der Waals surface area contributed by atoms with Gasteiger partial charge in [-0.25, -0.2) is 0 Å². The summed E-state index contributed by atoms with van der Waals surface area (Å²) in [7, 11) is 0. The average molecular weight is 423 g/mol. The number of rotatable bonds is 7. The van der Waals surface area contributed by atoms with Crippen molar-refractivity contribution < 1.29 is 14.0 Å². The molecule has 2 aromatic carbocycles. The van der Waals surface area contributed by atoms with E-state index in [1.165, 1.54) is 0 Å². The van der Waals surface area contributed by atoms with E-state index in [4.69, 9.17) is 4.42 Å². The lowest BCUT2D eigenvalue weighted by atomic mass is 10.1. The number of thioether (sulfide) groups is 1. The Balaban J connectivity index is 1.37. The van der Waals surface area contributed by atoms with Gasteiger partial charge in [-0.3, -0.25) is 9.59 Å². The van der Waals surface area contributed by atoms with Crippen LogP contribution >= 0.6 is 11.8 Å². The van der Waals surface area contributed by atoms with E-state index in [0.717, 1.165) is 41.3 Å². The number of aromatic nitrogens is 2. The highest BCUT2D eigenvalue weighted by molar-refractivity contribution is 7.99. The summed E-state index contributed by atoms with van der Waals surface area (Å²) in [4.78, 5) is 24.8. The molecule has 154 valence electrons. The Hall–Kier alpha value is -3.13. The van der Waals surface area contributed by atoms with Crippen molar-refractivity contribution in [1.29, 1.82) is 0 Å². The van der Waals surface area contributed by atoms with Gasteiger partial charge in [0, 0.05) is 11.6 Å². The molecular weight excluding hydrogens is 400 g/mol. The van der Waals surface area contributed by atoms with Gasteiger partial charge in [-0.1, -0.05) is 41.1 Å². The lowest BCUT2D eigenvalue weighted by molar-refractivity contribution is -0.113. The van der Waals surface area contributed by atoms with E-state index in [9.17, 15) is 9.59 Å². The minimum Gasteiger partial charge on any atom is -0.411 e. The van der Waals surface area contributed by atoms with Crippen molar-refractivity contribution in [2.45, 2.75) is 38.0 Å². The number of aryl methyl sites for hydroxylation is 2. The number of carbonyl (C=O) groups excluding carboxylic acids is 2. The Bertz CT molecular complexity index is 1070. The maximum absolute atomic E-state index is 12.4. The highest BCUT2D eigenvalue weighted by Crippen LogP contribution is 2.25. The molecule has 0 radical (unpaired) electrons. The Labute approximate surface area is 178 Å². The number of hydrogen-bond acceptors (Lipinski definition) is 6. The predicted molar refractivity (Wildman–Crippen MR) is 115 cm³/mol. The fourth-order valence-electron chi connectivity index (χ4n) is 3.08. The summed E-state index contributed by atoms with van der Waals surface area (Å²) in [6.45, 7) is 4.02. The molecule has 7 nitrogen and oxygen atoms in total. The van der Waals surface area contributed by atoms with Gasteiger partial charge in [0.1, 0.15) is 0 Å². The predicted octanol–water partition coefficient (Wildman–Crippen LogP) is 3.98. The smallest absolute Gasteiger partial charge is 0.277 e. The Morgan fingerprint density at radius 2 is 1.83 bits per heavy atom. The highest BCUT2D eigenvalue weighted by atomic mass is 32.2. The van der Waals surface area contributed by atoms with E-state index in [2.05, 4.69) is 26.9 Å². The van der Waals surface area contributed by atoms with Crippen LogP contribution in [0, 0.1) is 13.8 Å². The molecule has 0 spiro atoms. The molecule has 1 fully saturated rings. The van der Waals surface area contributed by atoms with Gasteiger partial charge in [0.2, 0.25) is 11.8 Å². The first-order valence-corrected chi connectivity index (χ1v) is 10.7. The topological polar surface area (TPSA) is 97.1 Å². The zero-order valence-electron chi connectivity index (χ0n) is 16.8. The fourth-order valence-corrected chi connectivity index (χ4v) is 3.64. The van der Waals surface area contributed by atoms with Gasteiger partial charge in [0.15, 0.2) is 0 Å². The van der Waals surface area contributed by atoms with Crippen LogP contribution in [-0.2, 0) is 4.79 Å². The molecule has 0 aliphatic heterocycles. The van der Waals surface area contributed by atoms with Crippen molar-refractivity contribution in [2.75, 3.05) is 11.1 Å². The summed E-state index contributed by atoms with van der Waals surface area (Å²) in [5.74, 6) is 0.0910. The summed E-state index contributed by atoms with van der Waals surface area (Å²) in [5.41, 5.74) is 4.02. The van der Waals surface area contributed by atoms with E-state index in [1.54, 1.807) is 24.3 Å². The van der Waals surface area contributed by atoms with Crippen LogP contribution in [-0.4, -0.2) is 33.8 Å². The van der Waals surface area contributed by atoms with Crippen molar-refractivity contribution in [1.82, 2.24) is 15.5 Å². The van der Waals surface area contributed by atoms with Crippen LogP contribution in [0.5, 0.6) is 0 Å². The number of benzene rings is 2. The number of nitrogens with zero attached hydrogens (tertiary/aromatic N) is 2. The van der Waals surface area contributed by atoms with Gasteiger partial charge in [0.05, 0.1) is 17.0 Å². The van der Waals surface area contributed by atoms with Crippen LogP contribution in [0.2, 0.25) is 0 Å². The van der Waals surface area contributed by atoms with E-state index in [-0.39, 0.29) is 23.6 Å². The molecule has 2 N–H and O–H groups in total. The molecule has 3 aromatic rings. The Morgan fingerprint density at radius 1 is 1.10 bits per heavy atom. The summed E-state index contributed by atoms with van der Waals surface area (Å²) in [6, 6.07) is 13.3. The second-order valence-corrected chi connectivity index (χ2v) is 8.31. The Morgan fingerprint density at radius 3 is 2.57 bits per heavy atom. The summed E-state index contributed by atoms with van der Waals surface area (Å²) >= 11 is 1.15. The van der Waals surface area contributed by atoms with Crippen LogP contribution in [0.15, 0.2) is 52.1 Å². The van der Waals surface area contributed by atoms with Gasteiger partial charge >= 0.3 is 0 Å². The molecule has 1 aliphatic rings. The second kappa shape index (κ2) is 8.71. The molecule has 0 saturated heterocycles. The van der Waals surface area contributed by atoms with Crippen LogP contribution in [0.1, 0.15) is 34.3 Å². The monoisotopic (exact) mass is 422 g/mol. The zero-order valence-corrected chi connectivity index (χ0v) is 17.6.